The van der Waals surface area contributed by atoms with Crippen molar-refractivity contribution in [1.29, 1.82) is 0 Å². The molecule has 0 spiro atoms. The van der Waals surface area contributed by atoms with E-state index in [2.05, 4.69) is 5.32 Å². The Morgan fingerprint density at radius 1 is 1.17 bits per heavy atom. The minimum absolute atomic E-state index is 0.108. The van der Waals surface area contributed by atoms with Crippen LogP contribution in [0.1, 0.15) is 29.2 Å². The van der Waals surface area contributed by atoms with E-state index in [-0.39, 0.29) is 24.2 Å². The van der Waals surface area contributed by atoms with Crippen LogP contribution in [0.25, 0.3) is 0 Å². The monoisotopic (exact) mass is 315 g/mol. The van der Waals surface area contributed by atoms with E-state index in [0.717, 1.165) is 11.1 Å². The Morgan fingerprint density at radius 2 is 1.87 bits per heavy atom. The van der Waals surface area contributed by atoms with Crippen LogP contribution < -0.4 is 5.32 Å². The van der Waals surface area contributed by atoms with Crippen molar-refractivity contribution < 1.29 is 13.9 Å². The molecular formula is C19H22FNO2. The van der Waals surface area contributed by atoms with Crippen molar-refractivity contribution in [2.45, 2.75) is 25.9 Å². The highest BCUT2D eigenvalue weighted by molar-refractivity contribution is 5.76. The van der Waals surface area contributed by atoms with Crippen molar-refractivity contribution in [3.8, 4) is 0 Å². The lowest BCUT2D eigenvalue weighted by atomic mass is 10.0. The summed E-state index contributed by atoms with van der Waals surface area (Å²) in [6, 6.07) is 14.5. The largest absolute Gasteiger partial charge is 0.375 e. The molecule has 0 bridgehead atoms. The maximum atomic E-state index is 13.5. The van der Waals surface area contributed by atoms with Gasteiger partial charge in [-0.3, -0.25) is 4.79 Å². The molecule has 0 heterocycles. The molecule has 0 aliphatic rings. The van der Waals surface area contributed by atoms with Crippen LogP contribution in [0.2, 0.25) is 0 Å². The van der Waals surface area contributed by atoms with E-state index < -0.39 is 0 Å². The van der Waals surface area contributed by atoms with Gasteiger partial charge < -0.3 is 10.1 Å². The molecule has 2 aromatic rings. The van der Waals surface area contributed by atoms with Crippen LogP contribution in [0.5, 0.6) is 0 Å². The molecule has 4 heteroatoms. The predicted molar refractivity (Wildman–Crippen MR) is 88.7 cm³/mol. The van der Waals surface area contributed by atoms with E-state index >= 15 is 0 Å². The van der Waals surface area contributed by atoms with E-state index in [1.807, 2.05) is 31.2 Å². The number of carbonyl (C=O) groups is 1. The molecule has 0 aromatic heterocycles. The number of methoxy groups -OCH3 is 1. The van der Waals surface area contributed by atoms with Crippen LogP contribution >= 0.6 is 0 Å². The number of aryl methyl sites for hydroxylation is 2. The lowest BCUT2D eigenvalue weighted by Crippen LogP contribution is -2.29. The van der Waals surface area contributed by atoms with Crippen molar-refractivity contribution in [2.75, 3.05) is 13.7 Å². The van der Waals surface area contributed by atoms with E-state index in [0.29, 0.717) is 18.5 Å². The van der Waals surface area contributed by atoms with Crippen molar-refractivity contribution >= 4 is 5.91 Å². The summed E-state index contributed by atoms with van der Waals surface area (Å²) >= 11 is 0. The molecule has 23 heavy (non-hydrogen) atoms. The van der Waals surface area contributed by atoms with E-state index in [1.54, 1.807) is 25.3 Å². The maximum Gasteiger partial charge on any atom is 0.220 e. The first-order chi connectivity index (χ1) is 11.1. The van der Waals surface area contributed by atoms with Crippen LogP contribution in [0.4, 0.5) is 4.39 Å². The number of amides is 1. The number of halogens is 1. The summed E-state index contributed by atoms with van der Waals surface area (Å²) < 4.78 is 19.0. The van der Waals surface area contributed by atoms with Crippen LogP contribution in [0, 0.1) is 12.7 Å². The first-order valence-corrected chi connectivity index (χ1v) is 7.70. The number of hydrogen-bond donors (Lipinski definition) is 1. The number of benzene rings is 2. The summed E-state index contributed by atoms with van der Waals surface area (Å²) in [6.45, 7) is 2.42. The highest BCUT2D eigenvalue weighted by atomic mass is 19.1. The molecule has 0 saturated heterocycles. The standard InChI is InChI=1S/C19H22FNO2/c1-14-7-3-5-9-16(14)18(23-2)13-21-19(22)12-11-15-8-4-6-10-17(15)20/h3-10,18H,11-13H2,1-2H3,(H,21,22)/t18-/m1/s1. The van der Waals surface area contributed by atoms with Crippen LogP contribution in [0.15, 0.2) is 48.5 Å². The first-order valence-electron chi connectivity index (χ1n) is 7.70. The van der Waals surface area contributed by atoms with Gasteiger partial charge in [0.15, 0.2) is 0 Å². The Balaban J connectivity index is 1.86. The van der Waals surface area contributed by atoms with Crippen molar-refractivity contribution in [2.24, 2.45) is 0 Å². The minimum atomic E-state index is -0.269. The van der Waals surface area contributed by atoms with Crippen molar-refractivity contribution in [1.82, 2.24) is 5.32 Å². The Hall–Kier alpha value is -2.20. The summed E-state index contributed by atoms with van der Waals surface area (Å²) in [5.41, 5.74) is 2.74. The number of carbonyl (C=O) groups excluding carboxylic acids is 1. The Kier molecular flexibility index (Phi) is 6.29. The summed E-state index contributed by atoms with van der Waals surface area (Å²) in [7, 11) is 1.63. The van der Waals surface area contributed by atoms with Crippen molar-refractivity contribution in [3.05, 3.63) is 71.0 Å². The quantitative estimate of drug-likeness (QED) is 0.848. The second-order valence-corrected chi connectivity index (χ2v) is 5.48. The van der Waals surface area contributed by atoms with Crippen LogP contribution in [-0.2, 0) is 16.0 Å². The summed E-state index contributed by atoms with van der Waals surface area (Å²) in [4.78, 5) is 12.0. The third-order valence-corrected chi connectivity index (χ3v) is 3.88. The maximum absolute atomic E-state index is 13.5. The van der Waals surface area contributed by atoms with Gasteiger partial charge in [0, 0.05) is 20.1 Å². The lowest BCUT2D eigenvalue weighted by Gasteiger charge is -2.18. The molecule has 0 aliphatic heterocycles. The van der Waals surface area contributed by atoms with Crippen molar-refractivity contribution in [3.63, 3.8) is 0 Å². The topological polar surface area (TPSA) is 38.3 Å². The number of hydrogen-bond acceptors (Lipinski definition) is 2. The molecule has 1 amide bonds. The summed E-state index contributed by atoms with van der Waals surface area (Å²) in [6.07, 6.45) is 0.458. The van der Waals surface area contributed by atoms with Gasteiger partial charge in [-0.25, -0.2) is 4.39 Å². The highest BCUT2D eigenvalue weighted by Crippen LogP contribution is 2.19. The lowest BCUT2D eigenvalue weighted by molar-refractivity contribution is -0.121. The SMILES string of the molecule is CO[C@H](CNC(=O)CCc1ccccc1F)c1ccccc1C. The smallest absolute Gasteiger partial charge is 0.220 e. The molecule has 3 nitrogen and oxygen atoms in total. The Labute approximate surface area is 136 Å². The van der Waals surface area contributed by atoms with Gasteiger partial charge in [0.1, 0.15) is 5.82 Å². The summed E-state index contributed by atoms with van der Waals surface area (Å²) in [5, 5.41) is 2.86. The third kappa shape index (κ3) is 4.89. The average molecular weight is 315 g/mol. The fraction of sp³-hybridized carbons (Fsp3) is 0.316. The van der Waals surface area contributed by atoms with Gasteiger partial charge in [0.05, 0.1) is 6.10 Å². The van der Waals surface area contributed by atoms with E-state index in [4.69, 9.17) is 4.74 Å². The predicted octanol–water partition coefficient (Wildman–Crippen LogP) is 3.57. The van der Waals surface area contributed by atoms with Gasteiger partial charge in [-0.05, 0) is 36.1 Å². The molecule has 2 aromatic carbocycles. The molecule has 0 fully saturated rings. The number of rotatable bonds is 7. The molecule has 0 aliphatic carbocycles. The molecule has 1 N–H and O–H groups in total. The van der Waals surface area contributed by atoms with Gasteiger partial charge in [-0.15, -0.1) is 0 Å². The third-order valence-electron chi connectivity index (χ3n) is 3.88. The van der Waals surface area contributed by atoms with Crippen LogP contribution in [-0.4, -0.2) is 19.6 Å². The second kappa shape index (κ2) is 8.44. The molecule has 0 radical (unpaired) electrons. The minimum Gasteiger partial charge on any atom is -0.375 e. The van der Waals surface area contributed by atoms with E-state index in [9.17, 15) is 9.18 Å². The van der Waals surface area contributed by atoms with E-state index in [1.165, 1.54) is 6.07 Å². The molecule has 1 atom stereocenters. The van der Waals surface area contributed by atoms with Crippen LogP contribution in [0.3, 0.4) is 0 Å². The normalized spacial score (nSPS) is 12.0. The zero-order valence-corrected chi connectivity index (χ0v) is 13.5. The highest BCUT2D eigenvalue weighted by Gasteiger charge is 2.14. The Morgan fingerprint density at radius 3 is 2.57 bits per heavy atom. The van der Waals surface area contributed by atoms with Gasteiger partial charge in [0.25, 0.3) is 0 Å². The van der Waals surface area contributed by atoms with Gasteiger partial charge in [-0.1, -0.05) is 42.5 Å². The molecular weight excluding hydrogens is 293 g/mol. The van der Waals surface area contributed by atoms with Gasteiger partial charge in [-0.2, -0.15) is 0 Å². The zero-order valence-electron chi connectivity index (χ0n) is 13.5. The molecule has 0 unspecified atom stereocenters. The summed E-state index contributed by atoms with van der Waals surface area (Å²) in [5.74, 6) is -0.376. The Bertz CT molecular complexity index is 657. The molecule has 0 saturated carbocycles. The fourth-order valence-corrected chi connectivity index (χ4v) is 2.51. The van der Waals surface area contributed by atoms with Gasteiger partial charge in [0.2, 0.25) is 5.91 Å². The molecule has 122 valence electrons. The van der Waals surface area contributed by atoms with Gasteiger partial charge >= 0.3 is 0 Å². The zero-order chi connectivity index (χ0) is 16.7. The number of nitrogens with one attached hydrogen (secondary N) is 1. The first kappa shape index (κ1) is 17.2. The fourth-order valence-electron chi connectivity index (χ4n) is 2.51. The number of ether oxygens (including phenoxy) is 1. The molecule has 2 rings (SSSR count). The second-order valence-electron chi connectivity index (χ2n) is 5.48. The average Bonchev–Trinajstić information content (AvgIpc) is 2.56.